The van der Waals surface area contributed by atoms with Crippen LogP contribution in [0.15, 0.2) is 24.3 Å². The molecule has 100 valence electrons. The number of benzene rings is 1. The van der Waals surface area contributed by atoms with Gasteiger partial charge in [0, 0.05) is 19.0 Å². The van der Waals surface area contributed by atoms with E-state index in [1.807, 2.05) is 12.1 Å². The summed E-state index contributed by atoms with van der Waals surface area (Å²) in [6, 6.07) is 9.56. The van der Waals surface area contributed by atoms with Crippen LogP contribution in [0.2, 0.25) is 0 Å². The van der Waals surface area contributed by atoms with Gasteiger partial charge in [0.15, 0.2) is 0 Å². The van der Waals surface area contributed by atoms with Gasteiger partial charge in [0.25, 0.3) is 0 Å². The molecule has 0 saturated heterocycles. The Balaban J connectivity index is 2.13. The molecule has 0 heterocycles. The molecule has 2 rings (SSSR count). The number of carbonyl (C=O) groups is 1. The third-order valence-corrected chi connectivity index (χ3v) is 3.84. The molecule has 1 aliphatic carbocycles. The third-order valence-electron chi connectivity index (χ3n) is 3.84. The first kappa shape index (κ1) is 13.6. The van der Waals surface area contributed by atoms with Crippen molar-refractivity contribution in [3.63, 3.8) is 0 Å². The van der Waals surface area contributed by atoms with Gasteiger partial charge in [0.2, 0.25) is 5.91 Å². The van der Waals surface area contributed by atoms with E-state index in [1.165, 1.54) is 0 Å². The fourth-order valence-corrected chi connectivity index (χ4v) is 2.62. The summed E-state index contributed by atoms with van der Waals surface area (Å²) >= 11 is 0. The van der Waals surface area contributed by atoms with Gasteiger partial charge in [-0.15, -0.1) is 0 Å². The highest BCUT2D eigenvalue weighted by atomic mass is 16.2. The molecule has 1 aliphatic rings. The average Bonchev–Trinajstić information content (AvgIpc) is 2.46. The molecule has 0 radical (unpaired) electrons. The van der Waals surface area contributed by atoms with E-state index in [1.54, 1.807) is 24.1 Å². The van der Waals surface area contributed by atoms with Crippen molar-refractivity contribution in [2.24, 2.45) is 11.7 Å². The lowest BCUT2D eigenvalue weighted by Crippen LogP contribution is -2.37. The van der Waals surface area contributed by atoms with E-state index < -0.39 is 0 Å². The van der Waals surface area contributed by atoms with Crippen molar-refractivity contribution in [1.82, 2.24) is 0 Å². The molecular weight excluding hydrogens is 238 g/mol. The summed E-state index contributed by atoms with van der Waals surface area (Å²) in [4.78, 5) is 14.1. The summed E-state index contributed by atoms with van der Waals surface area (Å²) in [5.74, 6) is 0.131. The summed E-state index contributed by atoms with van der Waals surface area (Å²) in [7, 11) is 1.74. The van der Waals surface area contributed by atoms with E-state index in [0.29, 0.717) is 11.3 Å². The molecule has 0 aliphatic heterocycles. The number of rotatable bonds is 2. The number of nitrogens with two attached hydrogens (primary N) is 1. The Kier molecular flexibility index (Phi) is 4.18. The number of carbonyl (C=O) groups excluding carboxylic acids is 1. The van der Waals surface area contributed by atoms with E-state index in [2.05, 4.69) is 6.07 Å². The number of hydrogen-bond donors (Lipinski definition) is 1. The monoisotopic (exact) mass is 257 g/mol. The zero-order valence-corrected chi connectivity index (χ0v) is 11.2. The van der Waals surface area contributed by atoms with Crippen molar-refractivity contribution in [3.8, 4) is 6.07 Å². The number of para-hydroxylation sites is 1. The molecule has 1 saturated carbocycles. The molecule has 19 heavy (non-hydrogen) atoms. The van der Waals surface area contributed by atoms with Crippen LogP contribution in [0.25, 0.3) is 0 Å². The molecule has 0 atom stereocenters. The quantitative estimate of drug-likeness (QED) is 0.881. The van der Waals surface area contributed by atoms with Gasteiger partial charge in [-0.25, -0.2) is 0 Å². The summed E-state index contributed by atoms with van der Waals surface area (Å²) < 4.78 is 0. The minimum Gasteiger partial charge on any atom is -0.328 e. The lowest BCUT2D eigenvalue weighted by Gasteiger charge is -2.29. The largest absolute Gasteiger partial charge is 0.328 e. The van der Waals surface area contributed by atoms with Crippen molar-refractivity contribution in [3.05, 3.63) is 29.8 Å². The van der Waals surface area contributed by atoms with Gasteiger partial charge in [-0.3, -0.25) is 4.79 Å². The Morgan fingerprint density at radius 3 is 2.58 bits per heavy atom. The van der Waals surface area contributed by atoms with Crippen LogP contribution in [0.3, 0.4) is 0 Å². The second-order valence-corrected chi connectivity index (χ2v) is 5.14. The standard InChI is InChI=1S/C15H19N3O/c1-18(14-5-3-2-4-12(14)10-16)15(19)11-6-8-13(17)9-7-11/h2-5,11,13H,6-9,17H2,1H3. The van der Waals surface area contributed by atoms with Gasteiger partial charge >= 0.3 is 0 Å². The second kappa shape index (κ2) is 5.85. The topological polar surface area (TPSA) is 70.1 Å². The van der Waals surface area contributed by atoms with Gasteiger partial charge in [0.05, 0.1) is 11.3 Å². The fourth-order valence-electron chi connectivity index (χ4n) is 2.62. The van der Waals surface area contributed by atoms with Crippen LogP contribution in [0.4, 0.5) is 5.69 Å². The van der Waals surface area contributed by atoms with Gasteiger partial charge in [-0.05, 0) is 37.8 Å². The van der Waals surface area contributed by atoms with Gasteiger partial charge < -0.3 is 10.6 Å². The highest BCUT2D eigenvalue weighted by molar-refractivity contribution is 5.95. The first-order chi connectivity index (χ1) is 9.13. The number of hydrogen-bond acceptors (Lipinski definition) is 3. The Morgan fingerprint density at radius 2 is 1.95 bits per heavy atom. The van der Waals surface area contributed by atoms with Crippen molar-refractivity contribution >= 4 is 11.6 Å². The smallest absolute Gasteiger partial charge is 0.229 e. The van der Waals surface area contributed by atoms with Crippen LogP contribution in [-0.4, -0.2) is 19.0 Å². The number of nitrogens with zero attached hydrogens (tertiary/aromatic N) is 2. The van der Waals surface area contributed by atoms with Crippen LogP contribution >= 0.6 is 0 Å². The van der Waals surface area contributed by atoms with Gasteiger partial charge in [-0.2, -0.15) is 5.26 Å². The Morgan fingerprint density at radius 1 is 1.32 bits per heavy atom. The maximum atomic E-state index is 12.4. The minimum atomic E-state index is 0.0385. The molecule has 0 unspecified atom stereocenters. The van der Waals surface area contributed by atoms with Crippen molar-refractivity contribution in [1.29, 1.82) is 5.26 Å². The van der Waals surface area contributed by atoms with Crippen LogP contribution in [0, 0.1) is 17.2 Å². The fraction of sp³-hybridized carbons (Fsp3) is 0.467. The summed E-state index contributed by atoms with van der Waals surface area (Å²) in [6.07, 6.45) is 3.51. The molecule has 2 N–H and O–H groups in total. The number of nitriles is 1. The van der Waals surface area contributed by atoms with Crippen LogP contribution in [0.5, 0.6) is 0 Å². The third kappa shape index (κ3) is 2.94. The summed E-state index contributed by atoms with van der Waals surface area (Å²) in [6.45, 7) is 0. The van der Waals surface area contributed by atoms with E-state index in [-0.39, 0.29) is 17.9 Å². The molecule has 0 bridgehead atoms. The Labute approximate surface area is 113 Å². The van der Waals surface area contributed by atoms with E-state index >= 15 is 0 Å². The van der Waals surface area contributed by atoms with Crippen molar-refractivity contribution in [2.75, 3.05) is 11.9 Å². The highest BCUT2D eigenvalue weighted by Gasteiger charge is 2.28. The molecule has 1 amide bonds. The van der Waals surface area contributed by atoms with Crippen LogP contribution in [-0.2, 0) is 4.79 Å². The van der Waals surface area contributed by atoms with E-state index in [9.17, 15) is 4.79 Å². The SMILES string of the molecule is CN(C(=O)C1CCC(N)CC1)c1ccccc1C#N. The number of anilines is 1. The highest BCUT2D eigenvalue weighted by Crippen LogP contribution is 2.27. The van der Waals surface area contributed by atoms with Crippen molar-refractivity contribution < 1.29 is 4.79 Å². The molecule has 4 nitrogen and oxygen atoms in total. The molecule has 0 spiro atoms. The van der Waals surface area contributed by atoms with Gasteiger partial charge in [0.1, 0.15) is 6.07 Å². The molecule has 0 aromatic heterocycles. The molecule has 1 aromatic carbocycles. The normalized spacial score (nSPS) is 22.6. The summed E-state index contributed by atoms with van der Waals surface area (Å²) in [5, 5.41) is 9.09. The zero-order valence-electron chi connectivity index (χ0n) is 11.2. The maximum Gasteiger partial charge on any atom is 0.229 e. The van der Waals surface area contributed by atoms with E-state index in [4.69, 9.17) is 11.0 Å². The lowest BCUT2D eigenvalue weighted by atomic mass is 9.85. The number of amides is 1. The van der Waals surface area contributed by atoms with E-state index in [0.717, 1.165) is 25.7 Å². The van der Waals surface area contributed by atoms with Gasteiger partial charge in [-0.1, -0.05) is 12.1 Å². The summed E-state index contributed by atoms with van der Waals surface area (Å²) in [5.41, 5.74) is 7.08. The molecular formula is C15H19N3O. The predicted octanol–water partition coefficient (Wildman–Crippen LogP) is 2.04. The van der Waals surface area contributed by atoms with Crippen LogP contribution in [0.1, 0.15) is 31.2 Å². The molecule has 4 heteroatoms. The Bertz CT molecular complexity index is 498. The maximum absolute atomic E-state index is 12.4. The molecule has 1 fully saturated rings. The lowest BCUT2D eigenvalue weighted by molar-refractivity contribution is -0.123. The van der Waals surface area contributed by atoms with Crippen LogP contribution < -0.4 is 10.6 Å². The minimum absolute atomic E-state index is 0.0385. The van der Waals surface area contributed by atoms with Crippen molar-refractivity contribution in [2.45, 2.75) is 31.7 Å². The predicted molar refractivity (Wildman–Crippen MR) is 74.5 cm³/mol. The Hall–Kier alpha value is -1.86. The first-order valence-corrected chi connectivity index (χ1v) is 6.65. The zero-order chi connectivity index (χ0) is 13.8. The average molecular weight is 257 g/mol. The molecule has 1 aromatic rings. The second-order valence-electron chi connectivity index (χ2n) is 5.14. The first-order valence-electron chi connectivity index (χ1n) is 6.65.